The van der Waals surface area contributed by atoms with E-state index >= 15 is 0 Å². The summed E-state index contributed by atoms with van der Waals surface area (Å²) < 4.78 is 11.1. The van der Waals surface area contributed by atoms with Crippen LogP contribution in [0.1, 0.15) is 24.8 Å². The summed E-state index contributed by atoms with van der Waals surface area (Å²) in [6.45, 7) is 4.65. The first-order chi connectivity index (χ1) is 10.8. The van der Waals surface area contributed by atoms with Crippen molar-refractivity contribution >= 4 is 5.91 Å². The van der Waals surface area contributed by atoms with Crippen molar-refractivity contribution in [2.75, 3.05) is 26.2 Å². The van der Waals surface area contributed by atoms with Gasteiger partial charge < -0.3 is 14.5 Å². The lowest BCUT2D eigenvalue weighted by atomic mass is 9.84. The second-order valence-corrected chi connectivity index (χ2v) is 6.97. The van der Waals surface area contributed by atoms with Crippen LogP contribution in [0, 0.1) is 17.8 Å². The number of piperidine rings is 1. The van der Waals surface area contributed by atoms with Gasteiger partial charge in [0.05, 0.1) is 25.2 Å². The van der Waals surface area contributed by atoms with Crippen LogP contribution >= 0.6 is 0 Å². The highest BCUT2D eigenvalue weighted by molar-refractivity contribution is 5.80. The molecule has 0 unspecified atom stereocenters. The van der Waals surface area contributed by atoms with Crippen molar-refractivity contribution in [1.82, 2.24) is 10.2 Å². The predicted octanol–water partition coefficient (Wildman–Crippen LogP) is 1.64. The predicted molar refractivity (Wildman–Crippen MR) is 81.1 cm³/mol. The van der Waals surface area contributed by atoms with Crippen LogP contribution in [0.25, 0.3) is 0 Å². The molecule has 5 nitrogen and oxygen atoms in total. The Morgan fingerprint density at radius 1 is 1.36 bits per heavy atom. The Morgan fingerprint density at radius 2 is 2.27 bits per heavy atom. The molecule has 22 heavy (non-hydrogen) atoms. The molecule has 1 aromatic rings. The lowest BCUT2D eigenvalue weighted by Gasteiger charge is -2.35. The molecule has 2 saturated heterocycles. The summed E-state index contributed by atoms with van der Waals surface area (Å²) in [7, 11) is 0. The number of hydrogen-bond acceptors (Lipinski definition) is 4. The number of fused-ring (bicyclic) bond motifs is 1. The maximum Gasteiger partial charge on any atom is 0.223 e. The smallest absolute Gasteiger partial charge is 0.223 e. The fraction of sp³-hybridized carbons (Fsp3) is 0.706. The third-order valence-electron chi connectivity index (χ3n) is 5.30. The Balaban J connectivity index is 1.31. The van der Waals surface area contributed by atoms with Crippen LogP contribution in [0.3, 0.4) is 0 Å². The molecule has 1 N–H and O–H groups in total. The standard InChI is InChI=1S/C17H24N2O3/c20-17(13-1-2-13)18-7-16-15-9-19(5-3-14(15)11-22-16)8-12-4-6-21-10-12/h4,6,10,13-16H,1-3,5,7-9,11H2,(H,18,20)/t14-,15-,16+/m1/s1. The van der Waals surface area contributed by atoms with E-state index in [1.54, 1.807) is 6.26 Å². The number of ether oxygens (including phenoxy) is 1. The van der Waals surface area contributed by atoms with Gasteiger partial charge in [-0.2, -0.15) is 0 Å². The third kappa shape index (κ3) is 3.06. The van der Waals surface area contributed by atoms with E-state index in [2.05, 4.69) is 10.2 Å². The van der Waals surface area contributed by atoms with Crippen LogP contribution < -0.4 is 5.32 Å². The number of nitrogens with one attached hydrogen (secondary N) is 1. The highest BCUT2D eigenvalue weighted by atomic mass is 16.5. The molecule has 0 bridgehead atoms. The number of likely N-dealkylation sites (tertiary alicyclic amines) is 1. The first-order valence-electron chi connectivity index (χ1n) is 8.42. The topological polar surface area (TPSA) is 54.7 Å². The number of nitrogens with zero attached hydrogens (tertiary/aromatic N) is 1. The zero-order chi connectivity index (χ0) is 14.9. The molecule has 1 aliphatic carbocycles. The summed E-state index contributed by atoms with van der Waals surface area (Å²) in [6, 6.07) is 2.03. The average molecular weight is 304 g/mol. The maximum absolute atomic E-state index is 11.8. The molecule has 0 aromatic carbocycles. The van der Waals surface area contributed by atoms with Gasteiger partial charge in [-0.05, 0) is 37.8 Å². The third-order valence-corrected chi connectivity index (χ3v) is 5.30. The number of furan rings is 1. The lowest BCUT2D eigenvalue weighted by Crippen LogP contribution is -2.45. The minimum absolute atomic E-state index is 0.180. The van der Waals surface area contributed by atoms with Gasteiger partial charge in [-0.1, -0.05) is 0 Å². The van der Waals surface area contributed by atoms with Gasteiger partial charge in [0.2, 0.25) is 5.91 Å². The van der Waals surface area contributed by atoms with Gasteiger partial charge in [-0.3, -0.25) is 9.69 Å². The number of hydrogen-bond donors (Lipinski definition) is 1. The molecular weight excluding hydrogens is 280 g/mol. The Bertz CT molecular complexity index is 512. The fourth-order valence-corrected chi connectivity index (χ4v) is 3.79. The van der Waals surface area contributed by atoms with Crippen LogP contribution in [0.2, 0.25) is 0 Å². The molecule has 3 fully saturated rings. The van der Waals surface area contributed by atoms with Crippen molar-refractivity contribution in [3.63, 3.8) is 0 Å². The molecule has 1 saturated carbocycles. The Hall–Kier alpha value is -1.33. The van der Waals surface area contributed by atoms with Gasteiger partial charge in [0.1, 0.15) is 0 Å². The molecule has 3 heterocycles. The molecule has 3 aliphatic rings. The summed E-state index contributed by atoms with van der Waals surface area (Å²) in [4.78, 5) is 14.3. The Labute approximate surface area is 131 Å². The zero-order valence-corrected chi connectivity index (χ0v) is 12.9. The molecule has 1 aromatic heterocycles. The van der Waals surface area contributed by atoms with E-state index in [9.17, 15) is 4.79 Å². The van der Waals surface area contributed by atoms with Gasteiger partial charge in [0, 0.05) is 37.0 Å². The second kappa shape index (κ2) is 6.05. The Morgan fingerprint density at radius 3 is 3.05 bits per heavy atom. The largest absolute Gasteiger partial charge is 0.472 e. The lowest BCUT2D eigenvalue weighted by molar-refractivity contribution is -0.122. The maximum atomic E-state index is 11.8. The summed E-state index contributed by atoms with van der Waals surface area (Å²) in [5.74, 6) is 1.70. The molecule has 3 atom stereocenters. The van der Waals surface area contributed by atoms with Crippen molar-refractivity contribution in [3.8, 4) is 0 Å². The van der Waals surface area contributed by atoms with Crippen molar-refractivity contribution in [2.24, 2.45) is 17.8 Å². The minimum atomic E-state index is 0.180. The normalized spacial score (nSPS) is 31.9. The van der Waals surface area contributed by atoms with Crippen LogP contribution in [0.4, 0.5) is 0 Å². The van der Waals surface area contributed by atoms with E-state index in [1.807, 2.05) is 12.3 Å². The molecule has 120 valence electrons. The van der Waals surface area contributed by atoms with Crippen LogP contribution in [-0.4, -0.2) is 43.2 Å². The molecule has 4 rings (SSSR count). The molecule has 2 aliphatic heterocycles. The summed E-state index contributed by atoms with van der Waals surface area (Å²) in [5, 5.41) is 3.08. The Kier molecular flexibility index (Phi) is 3.92. The summed E-state index contributed by atoms with van der Waals surface area (Å²) >= 11 is 0. The number of carbonyl (C=O) groups is 1. The summed E-state index contributed by atoms with van der Waals surface area (Å²) in [5.41, 5.74) is 1.23. The molecule has 0 spiro atoms. The number of rotatable bonds is 5. The van der Waals surface area contributed by atoms with Gasteiger partial charge in [-0.25, -0.2) is 0 Å². The quantitative estimate of drug-likeness (QED) is 0.898. The van der Waals surface area contributed by atoms with Gasteiger partial charge in [0.15, 0.2) is 0 Å². The van der Waals surface area contributed by atoms with E-state index in [-0.39, 0.29) is 17.9 Å². The van der Waals surface area contributed by atoms with E-state index in [0.29, 0.717) is 18.4 Å². The van der Waals surface area contributed by atoms with E-state index in [1.165, 1.54) is 12.0 Å². The molecule has 5 heteroatoms. The van der Waals surface area contributed by atoms with Gasteiger partial charge in [-0.15, -0.1) is 0 Å². The van der Waals surface area contributed by atoms with E-state index < -0.39 is 0 Å². The van der Waals surface area contributed by atoms with Crippen molar-refractivity contribution in [3.05, 3.63) is 24.2 Å². The molecular formula is C17H24N2O3. The molecule has 0 radical (unpaired) electrons. The number of amides is 1. The van der Waals surface area contributed by atoms with Crippen LogP contribution in [-0.2, 0) is 16.1 Å². The fourth-order valence-electron chi connectivity index (χ4n) is 3.79. The minimum Gasteiger partial charge on any atom is -0.472 e. The highest BCUT2D eigenvalue weighted by Crippen LogP contribution is 2.35. The first kappa shape index (κ1) is 14.3. The van der Waals surface area contributed by atoms with Gasteiger partial charge in [0.25, 0.3) is 0 Å². The van der Waals surface area contributed by atoms with Crippen molar-refractivity contribution in [2.45, 2.75) is 31.9 Å². The van der Waals surface area contributed by atoms with E-state index in [0.717, 1.165) is 39.1 Å². The van der Waals surface area contributed by atoms with Gasteiger partial charge >= 0.3 is 0 Å². The van der Waals surface area contributed by atoms with E-state index in [4.69, 9.17) is 9.15 Å². The SMILES string of the molecule is O=C(NC[C@@H]1OC[C@H]2CCN(Cc3ccoc3)C[C@H]21)C1CC1. The highest BCUT2D eigenvalue weighted by Gasteiger charge is 2.41. The van der Waals surface area contributed by atoms with Crippen molar-refractivity contribution in [1.29, 1.82) is 0 Å². The first-order valence-corrected chi connectivity index (χ1v) is 8.42. The van der Waals surface area contributed by atoms with Crippen LogP contribution in [0.15, 0.2) is 23.0 Å². The monoisotopic (exact) mass is 304 g/mol. The summed E-state index contributed by atoms with van der Waals surface area (Å²) in [6.07, 6.45) is 7.04. The number of carbonyl (C=O) groups excluding carboxylic acids is 1. The molecule has 1 amide bonds. The second-order valence-electron chi connectivity index (χ2n) is 6.97. The zero-order valence-electron chi connectivity index (χ0n) is 12.9. The van der Waals surface area contributed by atoms with Crippen LogP contribution in [0.5, 0.6) is 0 Å². The van der Waals surface area contributed by atoms with Crippen molar-refractivity contribution < 1.29 is 13.9 Å². The average Bonchev–Trinajstić information content (AvgIpc) is 3.12.